The summed E-state index contributed by atoms with van der Waals surface area (Å²) >= 11 is 5.96. The van der Waals surface area contributed by atoms with Crippen molar-refractivity contribution in [3.63, 3.8) is 0 Å². The average Bonchev–Trinajstić information content (AvgIpc) is 3.50. The van der Waals surface area contributed by atoms with Crippen molar-refractivity contribution in [1.29, 1.82) is 0 Å². The third kappa shape index (κ3) is 5.84. The van der Waals surface area contributed by atoms with Crippen LogP contribution in [0.1, 0.15) is 19.3 Å². The first-order chi connectivity index (χ1) is 19.0. The molecule has 0 radical (unpaired) electrons. The zero-order valence-electron chi connectivity index (χ0n) is 21.2. The van der Waals surface area contributed by atoms with Gasteiger partial charge in [0.05, 0.1) is 42.7 Å². The number of benzene rings is 2. The van der Waals surface area contributed by atoms with Crippen molar-refractivity contribution in [3.05, 3.63) is 59.7 Å². The monoisotopic (exact) mass is 553 g/mol. The van der Waals surface area contributed by atoms with Gasteiger partial charge in [-0.2, -0.15) is 0 Å². The molecule has 3 aliphatic heterocycles. The summed E-state index contributed by atoms with van der Waals surface area (Å²) < 4.78 is 31.0. The number of carbonyl (C=O) groups is 1. The SMILES string of the molecule is O=C(/C=C/CN1C2CCC1COC2)Nc1cc2c(Nc3ccc(F)c(Cl)c3)ncnc2cc1O[C@@H]1CCOC1. The molecule has 2 aromatic carbocycles. The summed E-state index contributed by atoms with van der Waals surface area (Å²) in [6.45, 7) is 3.32. The van der Waals surface area contributed by atoms with Crippen LogP contribution in [-0.2, 0) is 14.3 Å². The first-order valence-electron chi connectivity index (χ1n) is 13.1. The number of nitrogens with one attached hydrogen (secondary N) is 2. The Morgan fingerprint density at radius 1 is 1.13 bits per heavy atom. The number of carbonyl (C=O) groups excluding carboxylic acids is 1. The van der Waals surface area contributed by atoms with Gasteiger partial charge in [0, 0.05) is 48.3 Å². The Morgan fingerprint density at radius 3 is 2.74 bits per heavy atom. The lowest BCUT2D eigenvalue weighted by Gasteiger charge is -2.33. The quantitative estimate of drug-likeness (QED) is 0.388. The summed E-state index contributed by atoms with van der Waals surface area (Å²) in [6, 6.07) is 8.74. The highest BCUT2D eigenvalue weighted by atomic mass is 35.5. The molecule has 0 aliphatic carbocycles. The molecule has 2 bridgehead atoms. The number of amides is 1. The standard InChI is InChI=1S/C28H29ClFN5O4/c29-22-10-17(3-6-23(22)30)33-28-21-11-25(26(12-24(21)31-16-32-28)39-20-7-9-37-15-20)34-27(36)2-1-8-35-18-4-5-19(35)14-38-13-18/h1-3,6,10-12,16,18-20H,4-5,7-9,13-15H2,(H,34,36)(H,31,32,33)/b2-1+/t18?,19?,20-/m1/s1. The van der Waals surface area contributed by atoms with E-state index < -0.39 is 5.82 Å². The topological polar surface area (TPSA) is 97.8 Å². The largest absolute Gasteiger partial charge is 0.486 e. The van der Waals surface area contributed by atoms with E-state index in [1.807, 2.05) is 6.08 Å². The van der Waals surface area contributed by atoms with Crippen molar-refractivity contribution >= 4 is 45.6 Å². The third-order valence-corrected chi connectivity index (χ3v) is 7.63. The molecule has 9 nitrogen and oxygen atoms in total. The van der Waals surface area contributed by atoms with Gasteiger partial charge in [0.15, 0.2) is 0 Å². The second-order valence-corrected chi connectivity index (χ2v) is 10.4. The van der Waals surface area contributed by atoms with Gasteiger partial charge in [0.25, 0.3) is 0 Å². The Hall–Kier alpha value is -3.31. The third-order valence-electron chi connectivity index (χ3n) is 7.34. The zero-order valence-corrected chi connectivity index (χ0v) is 22.0. The molecule has 1 aromatic heterocycles. The van der Waals surface area contributed by atoms with Crippen molar-refractivity contribution in [1.82, 2.24) is 14.9 Å². The van der Waals surface area contributed by atoms with Crippen LogP contribution < -0.4 is 15.4 Å². The molecule has 2 unspecified atom stereocenters. The van der Waals surface area contributed by atoms with Crippen molar-refractivity contribution in [3.8, 4) is 5.75 Å². The minimum absolute atomic E-state index is 0.00217. The van der Waals surface area contributed by atoms with Gasteiger partial charge in [-0.05, 0) is 37.1 Å². The Kier molecular flexibility index (Phi) is 7.60. The number of anilines is 3. The molecule has 3 aromatic rings. The number of nitrogens with zero attached hydrogens (tertiary/aromatic N) is 3. The van der Waals surface area contributed by atoms with Crippen molar-refractivity contribution in [2.45, 2.75) is 37.5 Å². The number of ether oxygens (including phenoxy) is 3. The smallest absolute Gasteiger partial charge is 0.248 e. The molecule has 6 rings (SSSR count). The lowest BCUT2D eigenvalue weighted by molar-refractivity contribution is -0.112. The average molecular weight is 554 g/mol. The summed E-state index contributed by atoms with van der Waals surface area (Å²) in [4.78, 5) is 24.2. The van der Waals surface area contributed by atoms with Gasteiger partial charge < -0.3 is 24.8 Å². The number of halogens is 2. The molecule has 1 amide bonds. The molecule has 4 heterocycles. The van der Waals surface area contributed by atoms with E-state index in [-0.39, 0.29) is 17.0 Å². The molecular weight excluding hydrogens is 525 g/mol. The van der Waals surface area contributed by atoms with E-state index in [1.165, 1.54) is 18.5 Å². The van der Waals surface area contributed by atoms with E-state index in [9.17, 15) is 9.18 Å². The van der Waals surface area contributed by atoms with Gasteiger partial charge in [-0.25, -0.2) is 14.4 Å². The number of morpholine rings is 1. The summed E-state index contributed by atoms with van der Waals surface area (Å²) in [6.07, 6.45) is 7.79. The van der Waals surface area contributed by atoms with E-state index in [2.05, 4.69) is 25.5 Å². The van der Waals surface area contributed by atoms with Crippen LogP contribution in [0.5, 0.6) is 5.75 Å². The van der Waals surface area contributed by atoms with Crippen molar-refractivity contribution < 1.29 is 23.4 Å². The minimum Gasteiger partial charge on any atom is -0.486 e. The first kappa shape index (κ1) is 25.9. The summed E-state index contributed by atoms with van der Waals surface area (Å²) in [7, 11) is 0. The normalized spacial score (nSPS) is 23.0. The second kappa shape index (κ2) is 11.4. The van der Waals surface area contributed by atoms with Crippen LogP contribution >= 0.6 is 11.6 Å². The Labute approximate surface area is 230 Å². The van der Waals surface area contributed by atoms with Crippen LogP contribution in [0.3, 0.4) is 0 Å². The van der Waals surface area contributed by atoms with E-state index in [0.717, 1.165) is 32.5 Å². The fourth-order valence-corrected chi connectivity index (χ4v) is 5.52. The maximum atomic E-state index is 13.6. The maximum absolute atomic E-state index is 13.6. The van der Waals surface area contributed by atoms with E-state index in [4.69, 9.17) is 25.8 Å². The van der Waals surface area contributed by atoms with E-state index in [0.29, 0.717) is 65.7 Å². The van der Waals surface area contributed by atoms with Crippen molar-refractivity contribution in [2.24, 2.45) is 0 Å². The highest BCUT2D eigenvalue weighted by molar-refractivity contribution is 6.31. The lowest BCUT2D eigenvalue weighted by Crippen LogP contribution is -2.45. The van der Waals surface area contributed by atoms with Gasteiger partial charge in [0.1, 0.15) is 29.8 Å². The molecule has 11 heteroatoms. The number of fused-ring (bicyclic) bond motifs is 3. The summed E-state index contributed by atoms with van der Waals surface area (Å²) in [5.41, 5.74) is 1.67. The van der Waals surface area contributed by atoms with Gasteiger partial charge in [-0.3, -0.25) is 9.69 Å². The van der Waals surface area contributed by atoms with Gasteiger partial charge >= 0.3 is 0 Å². The van der Waals surface area contributed by atoms with Gasteiger partial charge in [-0.15, -0.1) is 0 Å². The zero-order chi connectivity index (χ0) is 26.8. The van der Waals surface area contributed by atoms with Crippen LogP contribution in [0.4, 0.5) is 21.6 Å². The maximum Gasteiger partial charge on any atom is 0.248 e. The number of hydrogen-bond donors (Lipinski definition) is 2. The predicted molar refractivity (Wildman–Crippen MR) is 146 cm³/mol. The molecule has 0 spiro atoms. The Balaban J connectivity index is 1.25. The molecule has 3 saturated heterocycles. The van der Waals surface area contributed by atoms with Crippen molar-refractivity contribution in [2.75, 3.05) is 43.6 Å². The highest BCUT2D eigenvalue weighted by Crippen LogP contribution is 2.35. The Bertz CT molecular complexity index is 1380. The summed E-state index contributed by atoms with van der Waals surface area (Å²) in [5, 5.41) is 6.79. The van der Waals surface area contributed by atoms with Crippen LogP contribution in [0.2, 0.25) is 5.02 Å². The molecule has 0 saturated carbocycles. The molecule has 39 heavy (non-hydrogen) atoms. The van der Waals surface area contributed by atoms with Gasteiger partial charge in [-0.1, -0.05) is 17.7 Å². The lowest BCUT2D eigenvalue weighted by atomic mass is 10.1. The van der Waals surface area contributed by atoms with Crippen LogP contribution in [-0.4, -0.2) is 71.9 Å². The van der Waals surface area contributed by atoms with Crippen LogP contribution in [0, 0.1) is 5.82 Å². The molecule has 2 N–H and O–H groups in total. The highest BCUT2D eigenvalue weighted by Gasteiger charge is 2.36. The van der Waals surface area contributed by atoms with Crippen LogP contribution in [0.15, 0.2) is 48.8 Å². The number of rotatable bonds is 8. The number of hydrogen-bond acceptors (Lipinski definition) is 8. The van der Waals surface area contributed by atoms with Crippen LogP contribution in [0.25, 0.3) is 10.9 Å². The molecule has 3 fully saturated rings. The Morgan fingerprint density at radius 2 is 1.97 bits per heavy atom. The molecule has 3 atom stereocenters. The van der Waals surface area contributed by atoms with E-state index >= 15 is 0 Å². The van der Waals surface area contributed by atoms with E-state index in [1.54, 1.807) is 24.3 Å². The number of aromatic nitrogens is 2. The van der Waals surface area contributed by atoms with Gasteiger partial charge in [0.2, 0.25) is 5.91 Å². The fraction of sp³-hybridized carbons (Fsp3) is 0.393. The first-order valence-corrected chi connectivity index (χ1v) is 13.5. The fourth-order valence-electron chi connectivity index (χ4n) is 5.34. The molecule has 3 aliphatic rings. The second-order valence-electron chi connectivity index (χ2n) is 9.96. The predicted octanol–water partition coefficient (Wildman–Crippen LogP) is 4.69. The summed E-state index contributed by atoms with van der Waals surface area (Å²) in [5.74, 6) is 0.207. The molecular formula is C28H29ClFN5O4. The molecule has 204 valence electrons. The minimum atomic E-state index is -0.508.